The van der Waals surface area contributed by atoms with E-state index in [0.29, 0.717) is 35.4 Å². The minimum absolute atomic E-state index is 0.263. The molecule has 0 bridgehead atoms. The van der Waals surface area contributed by atoms with Crippen LogP contribution in [0, 0.1) is 6.92 Å². The molecule has 1 heterocycles. The Bertz CT molecular complexity index is 740. The van der Waals surface area contributed by atoms with Crippen LogP contribution in [0.3, 0.4) is 0 Å². The highest BCUT2D eigenvalue weighted by Gasteiger charge is 2.11. The Hall–Kier alpha value is -2.38. The van der Waals surface area contributed by atoms with Crippen molar-refractivity contribution < 1.29 is 14.3 Å². The summed E-state index contributed by atoms with van der Waals surface area (Å²) in [6, 6.07) is 5.16. The molecule has 0 spiro atoms. The fraction of sp³-hybridized carbons (Fsp3) is 0.353. The van der Waals surface area contributed by atoms with Gasteiger partial charge in [0.2, 0.25) is 0 Å². The van der Waals surface area contributed by atoms with Gasteiger partial charge >= 0.3 is 0 Å². The Morgan fingerprint density at radius 2 is 2.04 bits per heavy atom. The molecule has 8 heteroatoms. The highest BCUT2D eigenvalue weighted by molar-refractivity contribution is 6.31. The summed E-state index contributed by atoms with van der Waals surface area (Å²) in [6.07, 6.45) is 2.07. The van der Waals surface area contributed by atoms with Crippen LogP contribution < -0.4 is 15.4 Å². The van der Waals surface area contributed by atoms with Crippen LogP contribution >= 0.6 is 11.6 Å². The molecule has 1 amide bonds. The van der Waals surface area contributed by atoms with Gasteiger partial charge in [-0.3, -0.25) is 4.79 Å². The van der Waals surface area contributed by atoms with Gasteiger partial charge in [-0.1, -0.05) is 11.6 Å². The Kier molecular flexibility index (Phi) is 6.97. The number of amides is 1. The van der Waals surface area contributed by atoms with Crippen molar-refractivity contribution in [2.75, 3.05) is 32.7 Å². The van der Waals surface area contributed by atoms with E-state index in [9.17, 15) is 4.79 Å². The second-order valence-corrected chi connectivity index (χ2v) is 5.72. The first-order valence-electron chi connectivity index (χ1n) is 7.75. The number of halogens is 1. The molecule has 0 fully saturated rings. The Morgan fingerprint density at radius 3 is 2.76 bits per heavy atom. The van der Waals surface area contributed by atoms with Gasteiger partial charge in [0.15, 0.2) is 0 Å². The molecular formula is C17H21ClN4O3. The number of benzene rings is 1. The molecule has 2 aromatic rings. The molecule has 0 aliphatic heterocycles. The molecular weight excluding hydrogens is 344 g/mol. The summed E-state index contributed by atoms with van der Waals surface area (Å²) in [7, 11) is 3.18. The number of rotatable bonds is 8. The number of nitrogens with zero attached hydrogens (tertiary/aromatic N) is 2. The molecule has 0 aliphatic rings. The molecule has 0 atom stereocenters. The standard InChI is InChI=1S/C17H21ClN4O3/c1-11-7-13(15(25-3)8-12(11)18)22-16-9-14(20-10-21-16)17(23)19-5-4-6-24-2/h7-10H,4-6H2,1-3H3,(H,19,23)(H,20,21,22). The first-order chi connectivity index (χ1) is 12.0. The van der Waals surface area contributed by atoms with Crippen molar-refractivity contribution in [1.82, 2.24) is 15.3 Å². The van der Waals surface area contributed by atoms with Crippen LogP contribution in [0.25, 0.3) is 0 Å². The Labute approximate surface area is 151 Å². The van der Waals surface area contributed by atoms with E-state index in [1.54, 1.807) is 26.4 Å². The Morgan fingerprint density at radius 1 is 1.24 bits per heavy atom. The third-order valence-electron chi connectivity index (χ3n) is 3.45. The fourth-order valence-electron chi connectivity index (χ4n) is 2.13. The summed E-state index contributed by atoms with van der Waals surface area (Å²) in [5.74, 6) is 0.803. The number of hydrogen-bond donors (Lipinski definition) is 2. The lowest BCUT2D eigenvalue weighted by molar-refractivity contribution is 0.0943. The molecule has 2 rings (SSSR count). The Balaban J connectivity index is 2.11. The van der Waals surface area contributed by atoms with E-state index in [1.165, 1.54) is 6.33 Å². The zero-order valence-corrected chi connectivity index (χ0v) is 15.2. The quantitative estimate of drug-likeness (QED) is 0.700. The van der Waals surface area contributed by atoms with E-state index in [1.807, 2.05) is 13.0 Å². The summed E-state index contributed by atoms with van der Waals surface area (Å²) < 4.78 is 10.3. The normalized spacial score (nSPS) is 10.4. The zero-order valence-electron chi connectivity index (χ0n) is 14.4. The lowest BCUT2D eigenvalue weighted by Crippen LogP contribution is -2.26. The van der Waals surface area contributed by atoms with Crippen LogP contribution in [0.2, 0.25) is 5.02 Å². The lowest BCUT2D eigenvalue weighted by atomic mass is 10.2. The first kappa shape index (κ1) is 19.0. The molecule has 0 unspecified atom stereocenters. The SMILES string of the molecule is COCCCNC(=O)c1cc(Nc2cc(C)c(Cl)cc2OC)ncn1. The van der Waals surface area contributed by atoms with Gasteiger partial charge < -0.3 is 20.1 Å². The van der Waals surface area contributed by atoms with Crippen LogP contribution in [0.1, 0.15) is 22.5 Å². The smallest absolute Gasteiger partial charge is 0.270 e. The number of methoxy groups -OCH3 is 2. The van der Waals surface area contributed by atoms with Crippen LogP contribution in [-0.4, -0.2) is 43.2 Å². The summed E-state index contributed by atoms with van der Waals surface area (Å²) in [5.41, 5.74) is 1.88. The van der Waals surface area contributed by atoms with Crippen LogP contribution in [0.5, 0.6) is 5.75 Å². The predicted octanol–water partition coefficient (Wildman–Crippen LogP) is 2.96. The molecule has 0 saturated heterocycles. The number of anilines is 2. The van der Waals surface area contributed by atoms with E-state index in [2.05, 4.69) is 20.6 Å². The van der Waals surface area contributed by atoms with Crippen molar-refractivity contribution >= 4 is 29.0 Å². The first-order valence-corrected chi connectivity index (χ1v) is 8.13. The average molecular weight is 365 g/mol. The topological polar surface area (TPSA) is 85.4 Å². The van der Waals surface area contributed by atoms with Crippen LogP contribution in [0.4, 0.5) is 11.5 Å². The van der Waals surface area contributed by atoms with Gasteiger partial charge in [0.1, 0.15) is 23.6 Å². The van der Waals surface area contributed by atoms with Crippen LogP contribution in [0.15, 0.2) is 24.5 Å². The molecule has 134 valence electrons. The minimum atomic E-state index is -0.263. The summed E-state index contributed by atoms with van der Waals surface area (Å²) in [6.45, 7) is 3.00. The van der Waals surface area contributed by atoms with Crippen molar-refractivity contribution in [2.24, 2.45) is 0 Å². The number of aromatic nitrogens is 2. The van der Waals surface area contributed by atoms with E-state index in [4.69, 9.17) is 21.1 Å². The summed E-state index contributed by atoms with van der Waals surface area (Å²) in [4.78, 5) is 20.3. The maximum atomic E-state index is 12.1. The summed E-state index contributed by atoms with van der Waals surface area (Å²) in [5, 5.41) is 6.53. The zero-order chi connectivity index (χ0) is 18.2. The second kappa shape index (κ2) is 9.19. The van der Waals surface area contributed by atoms with E-state index in [-0.39, 0.29) is 11.6 Å². The molecule has 7 nitrogen and oxygen atoms in total. The maximum absolute atomic E-state index is 12.1. The van der Waals surface area contributed by atoms with E-state index >= 15 is 0 Å². The average Bonchev–Trinajstić information content (AvgIpc) is 2.61. The van der Waals surface area contributed by atoms with Gasteiger partial charge in [0.05, 0.1) is 12.8 Å². The van der Waals surface area contributed by atoms with Gasteiger partial charge in [0, 0.05) is 37.4 Å². The number of nitrogens with one attached hydrogen (secondary N) is 2. The number of carbonyl (C=O) groups is 1. The van der Waals surface area contributed by atoms with Gasteiger partial charge in [-0.25, -0.2) is 9.97 Å². The van der Waals surface area contributed by atoms with Gasteiger partial charge in [-0.15, -0.1) is 0 Å². The molecule has 1 aromatic carbocycles. The van der Waals surface area contributed by atoms with E-state index < -0.39 is 0 Å². The lowest BCUT2D eigenvalue weighted by Gasteiger charge is -2.13. The predicted molar refractivity (Wildman–Crippen MR) is 96.9 cm³/mol. The maximum Gasteiger partial charge on any atom is 0.270 e. The second-order valence-electron chi connectivity index (χ2n) is 5.32. The van der Waals surface area contributed by atoms with Gasteiger partial charge in [-0.05, 0) is 25.0 Å². The van der Waals surface area contributed by atoms with Gasteiger partial charge in [0.25, 0.3) is 5.91 Å². The minimum Gasteiger partial charge on any atom is -0.495 e. The molecule has 0 radical (unpaired) electrons. The number of ether oxygens (including phenoxy) is 2. The highest BCUT2D eigenvalue weighted by atomic mass is 35.5. The third-order valence-corrected chi connectivity index (χ3v) is 3.86. The number of hydrogen-bond acceptors (Lipinski definition) is 6. The van der Waals surface area contributed by atoms with Crippen molar-refractivity contribution in [3.05, 3.63) is 40.8 Å². The van der Waals surface area contributed by atoms with Crippen molar-refractivity contribution in [3.8, 4) is 5.75 Å². The summed E-state index contributed by atoms with van der Waals surface area (Å²) >= 11 is 6.11. The largest absolute Gasteiger partial charge is 0.495 e. The fourth-order valence-corrected chi connectivity index (χ4v) is 2.28. The highest BCUT2D eigenvalue weighted by Crippen LogP contribution is 2.32. The molecule has 0 saturated carbocycles. The van der Waals surface area contributed by atoms with Crippen molar-refractivity contribution in [3.63, 3.8) is 0 Å². The molecule has 2 N–H and O–H groups in total. The monoisotopic (exact) mass is 364 g/mol. The molecule has 1 aromatic heterocycles. The van der Waals surface area contributed by atoms with Crippen molar-refractivity contribution in [2.45, 2.75) is 13.3 Å². The van der Waals surface area contributed by atoms with Crippen molar-refractivity contribution in [1.29, 1.82) is 0 Å². The van der Waals surface area contributed by atoms with Crippen LogP contribution in [-0.2, 0) is 4.74 Å². The molecule has 0 aliphatic carbocycles. The van der Waals surface area contributed by atoms with E-state index in [0.717, 1.165) is 12.0 Å². The number of carbonyl (C=O) groups excluding carboxylic acids is 1. The number of aryl methyl sites for hydroxylation is 1. The molecule has 25 heavy (non-hydrogen) atoms. The third kappa shape index (κ3) is 5.30. The van der Waals surface area contributed by atoms with Gasteiger partial charge in [-0.2, -0.15) is 0 Å².